The number of nitrogens with one attached hydrogen (secondary N) is 2. The molecule has 2 N–H and O–H groups in total. The first-order chi connectivity index (χ1) is 11.9. The SMILES string of the molecule is C/C=C1\C2C=C(C)CC1(NC(=O)OCC(C)C)c1ccc(=O)[nH]c1C2. The Kier molecular flexibility index (Phi) is 4.58. The highest BCUT2D eigenvalue weighted by molar-refractivity contribution is 5.71. The van der Waals surface area contributed by atoms with Crippen LogP contribution < -0.4 is 10.9 Å². The normalized spacial score (nSPS) is 26.2. The zero-order chi connectivity index (χ0) is 18.2. The maximum absolute atomic E-state index is 12.5. The number of fused-ring (bicyclic) bond motifs is 4. The molecule has 0 fully saturated rings. The molecule has 0 saturated heterocycles. The average molecular weight is 342 g/mol. The fraction of sp³-hybridized carbons (Fsp3) is 0.500. The lowest BCUT2D eigenvalue weighted by Crippen LogP contribution is -2.54. The van der Waals surface area contributed by atoms with Gasteiger partial charge in [-0.15, -0.1) is 0 Å². The van der Waals surface area contributed by atoms with Crippen molar-refractivity contribution in [2.45, 2.75) is 46.1 Å². The summed E-state index contributed by atoms with van der Waals surface area (Å²) in [7, 11) is 0. The Morgan fingerprint density at radius 1 is 1.48 bits per heavy atom. The molecule has 2 bridgehead atoms. The van der Waals surface area contributed by atoms with Crippen LogP contribution in [0.3, 0.4) is 0 Å². The number of alkyl carbamates (subject to hydrolysis) is 1. The van der Waals surface area contributed by atoms with Crippen molar-refractivity contribution in [3.8, 4) is 0 Å². The molecule has 134 valence electrons. The predicted molar refractivity (Wildman–Crippen MR) is 97.4 cm³/mol. The number of rotatable bonds is 3. The lowest BCUT2D eigenvalue weighted by Gasteiger charge is -2.47. The zero-order valence-electron chi connectivity index (χ0n) is 15.3. The van der Waals surface area contributed by atoms with E-state index in [4.69, 9.17) is 4.74 Å². The van der Waals surface area contributed by atoms with Crippen LogP contribution in [-0.2, 0) is 16.7 Å². The van der Waals surface area contributed by atoms with Crippen LogP contribution in [0, 0.1) is 11.8 Å². The molecule has 1 heterocycles. The van der Waals surface area contributed by atoms with Gasteiger partial charge in [-0.25, -0.2) is 4.79 Å². The van der Waals surface area contributed by atoms with Crippen LogP contribution in [0.2, 0.25) is 0 Å². The van der Waals surface area contributed by atoms with Crippen LogP contribution in [-0.4, -0.2) is 17.7 Å². The van der Waals surface area contributed by atoms with Gasteiger partial charge in [0, 0.05) is 23.2 Å². The summed E-state index contributed by atoms with van der Waals surface area (Å²) in [6.07, 6.45) is 5.33. The van der Waals surface area contributed by atoms with Crippen LogP contribution in [0.25, 0.3) is 0 Å². The lowest BCUT2D eigenvalue weighted by molar-refractivity contribution is 0.121. The molecular weight excluding hydrogens is 316 g/mol. The quantitative estimate of drug-likeness (QED) is 0.827. The van der Waals surface area contributed by atoms with Gasteiger partial charge in [-0.2, -0.15) is 0 Å². The maximum atomic E-state index is 12.5. The summed E-state index contributed by atoms with van der Waals surface area (Å²) in [5, 5.41) is 3.13. The highest BCUT2D eigenvalue weighted by Crippen LogP contribution is 2.49. The first-order valence-corrected chi connectivity index (χ1v) is 8.87. The Bertz CT molecular complexity index is 803. The van der Waals surface area contributed by atoms with E-state index < -0.39 is 11.6 Å². The number of ether oxygens (including phenoxy) is 1. The Balaban J connectivity index is 2.07. The third kappa shape index (κ3) is 3.15. The summed E-state index contributed by atoms with van der Waals surface area (Å²) < 4.78 is 5.39. The van der Waals surface area contributed by atoms with E-state index in [-0.39, 0.29) is 17.4 Å². The molecule has 2 aliphatic rings. The van der Waals surface area contributed by atoms with E-state index in [9.17, 15) is 9.59 Å². The summed E-state index contributed by atoms with van der Waals surface area (Å²) in [5.41, 5.74) is 3.50. The molecule has 1 aromatic rings. The predicted octanol–water partition coefficient (Wildman–Crippen LogP) is 3.42. The first-order valence-electron chi connectivity index (χ1n) is 8.87. The third-order valence-corrected chi connectivity index (χ3v) is 4.98. The van der Waals surface area contributed by atoms with Crippen LogP contribution in [0.5, 0.6) is 0 Å². The number of aromatic nitrogens is 1. The van der Waals surface area contributed by atoms with E-state index in [1.165, 1.54) is 17.2 Å². The second-order valence-corrected chi connectivity index (χ2v) is 7.48. The van der Waals surface area contributed by atoms with E-state index >= 15 is 0 Å². The fourth-order valence-corrected chi connectivity index (χ4v) is 4.14. The number of allylic oxidation sites excluding steroid dienone is 2. The number of carbonyl (C=O) groups is 1. The molecule has 0 aliphatic heterocycles. The summed E-state index contributed by atoms with van der Waals surface area (Å²) >= 11 is 0. The molecule has 0 spiro atoms. The Hall–Kier alpha value is -2.30. The molecule has 0 radical (unpaired) electrons. The number of amides is 1. The van der Waals surface area contributed by atoms with Crippen LogP contribution in [0.15, 0.2) is 40.2 Å². The molecule has 25 heavy (non-hydrogen) atoms. The number of aromatic amines is 1. The van der Waals surface area contributed by atoms with Gasteiger partial charge in [0.25, 0.3) is 0 Å². The fourth-order valence-electron chi connectivity index (χ4n) is 4.14. The van der Waals surface area contributed by atoms with Crippen molar-refractivity contribution in [1.82, 2.24) is 10.3 Å². The van der Waals surface area contributed by atoms with E-state index in [1.54, 1.807) is 0 Å². The number of pyridine rings is 1. The summed E-state index contributed by atoms with van der Waals surface area (Å²) in [5.74, 6) is 0.454. The van der Waals surface area contributed by atoms with Crippen molar-refractivity contribution < 1.29 is 9.53 Å². The van der Waals surface area contributed by atoms with Crippen molar-refractivity contribution in [3.63, 3.8) is 0 Å². The van der Waals surface area contributed by atoms with Gasteiger partial charge in [0.15, 0.2) is 0 Å². The van der Waals surface area contributed by atoms with Gasteiger partial charge in [0.1, 0.15) is 0 Å². The summed E-state index contributed by atoms with van der Waals surface area (Å²) in [6, 6.07) is 3.37. The van der Waals surface area contributed by atoms with Gasteiger partial charge >= 0.3 is 6.09 Å². The molecule has 2 unspecified atom stereocenters. The molecule has 5 nitrogen and oxygen atoms in total. The lowest BCUT2D eigenvalue weighted by atomic mass is 9.63. The van der Waals surface area contributed by atoms with Crippen molar-refractivity contribution >= 4 is 6.09 Å². The topological polar surface area (TPSA) is 71.2 Å². The molecule has 2 atom stereocenters. The van der Waals surface area contributed by atoms with E-state index in [1.807, 2.05) is 26.8 Å². The van der Waals surface area contributed by atoms with Gasteiger partial charge < -0.3 is 15.0 Å². The van der Waals surface area contributed by atoms with Crippen molar-refractivity contribution in [2.24, 2.45) is 11.8 Å². The zero-order valence-corrected chi connectivity index (χ0v) is 15.3. The molecule has 1 aromatic heterocycles. The Labute approximate surface area is 148 Å². The highest BCUT2D eigenvalue weighted by Gasteiger charge is 2.48. The summed E-state index contributed by atoms with van der Waals surface area (Å²) in [4.78, 5) is 27.2. The van der Waals surface area contributed by atoms with Gasteiger partial charge in [0.2, 0.25) is 5.56 Å². The Morgan fingerprint density at radius 2 is 2.24 bits per heavy atom. The van der Waals surface area contributed by atoms with Crippen LogP contribution >= 0.6 is 0 Å². The maximum Gasteiger partial charge on any atom is 0.408 e. The highest BCUT2D eigenvalue weighted by atomic mass is 16.5. The van der Waals surface area contributed by atoms with Crippen molar-refractivity contribution in [1.29, 1.82) is 0 Å². The smallest absolute Gasteiger partial charge is 0.408 e. The minimum absolute atomic E-state index is 0.112. The number of hydrogen-bond acceptors (Lipinski definition) is 3. The molecule has 2 aliphatic carbocycles. The minimum atomic E-state index is -0.649. The van der Waals surface area contributed by atoms with E-state index in [2.05, 4.69) is 29.4 Å². The van der Waals surface area contributed by atoms with Crippen molar-refractivity contribution in [3.05, 3.63) is 57.0 Å². The Morgan fingerprint density at radius 3 is 2.92 bits per heavy atom. The molecule has 1 amide bonds. The number of H-pyrrole nitrogens is 1. The number of hydrogen-bond donors (Lipinski definition) is 2. The number of carbonyl (C=O) groups excluding carboxylic acids is 1. The third-order valence-electron chi connectivity index (χ3n) is 4.98. The van der Waals surface area contributed by atoms with Gasteiger partial charge in [-0.05, 0) is 44.2 Å². The molecule has 0 aromatic carbocycles. The second kappa shape index (κ2) is 6.54. The minimum Gasteiger partial charge on any atom is -0.449 e. The monoisotopic (exact) mass is 342 g/mol. The standard InChI is InChI=1S/C20H26N2O3/c1-5-15-14-8-13(4)10-20(15,22-19(24)25-11-12(2)3)16-6-7-18(23)21-17(16)9-14/h5-8,12,14H,9-11H2,1-4H3,(H,21,23)(H,22,24)/b15-5+. The second-order valence-electron chi connectivity index (χ2n) is 7.48. The van der Waals surface area contributed by atoms with Crippen LogP contribution in [0.1, 0.15) is 45.4 Å². The molecule has 5 heteroatoms. The van der Waals surface area contributed by atoms with E-state index in [0.29, 0.717) is 13.0 Å². The average Bonchev–Trinajstić information content (AvgIpc) is 2.51. The van der Waals surface area contributed by atoms with Gasteiger partial charge in [-0.1, -0.05) is 31.6 Å². The molecule has 0 saturated carbocycles. The first kappa shape index (κ1) is 17.5. The van der Waals surface area contributed by atoms with Gasteiger partial charge in [0.05, 0.1) is 12.1 Å². The summed E-state index contributed by atoms with van der Waals surface area (Å²) in [6.45, 7) is 8.49. The van der Waals surface area contributed by atoms with Crippen molar-refractivity contribution in [2.75, 3.05) is 6.61 Å². The van der Waals surface area contributed by atoms with Gasteiger partial charge in [-0.3, -0.25) is 4.79 Å². The largest absolute Gasteiger partial charge is 0.449 e. The molecule has 3 rings (SSSR count). The van der Waals surface area contributed by atoms with Crippen LogP contribution in [0.4, 0.5) is 4.79 Å². The molecular formula is C20H26N2O3. The van der Waals surface area contributed by atoms with E-state index in [0.717, 1.165) is 17.7 Å².